The summed E-state index contributed by atoms with van der Waals surface area (Å²) in [6, 6.07) is 0. The maximum absolute atomic E-state index is 5.28. The van der Waals surface area contributed by atoms with Gasteiger partial charge in [0, 0.05) is 19.0 Å². The molecule has 0 atom stereocenters. The van der Waals surface area contributed by atoms with Crippen molar-refractivity contribution in [1.82, 2.24) is 15.3 Å². The summed E-state index contributed by atoms with van der Waals surface area (Å²) in [5.74, 6) is 2.33. The summed E-state index contributed by atoms with van der Waals surface area (Å²) in [4.78, 5) is 9.02. The fourth-order valence-electron chi connectivity index (χ4n) is 1.85. The van der Waals surface area contributed by atoms with Crippen molar-refractivity contribution in [3.63, 3.8) is 0 Å². The first-order valence-corrected chi connectivity index (χ1v) is 5.03. The van der Waals surface area contributed by atoms with Gasteiger partial charge in [0.25, 0.3) is 0 Å². The molecule has 2 heterocycles. The minimum atomic E-state index is 0.592. The average molecular weight is 191 g/mol. The van der Waals surface area contributed by atoms with Gasteiger partial charge in [-0.25, -0.2) is 4.98 Å². The van der Waals surface area contributed by atoms with Gasteiger partial charge in [0.15, 0.2) is 0 Å². The van der Waals surface area contributed by atoms with E-state index in [4.69, 9.17) is 4.74 Å². The van der Waals surface area contributed by atoms with Gasteiger partial charge >= 0.3 is 0 Å². The van der Waals surface area contributed by atoms with Gasteiger partial charge in [-0.15, -0.1) is 0 Å². The molecule has 1 aromatic rings. The quantitative estimate of drug-likeness (QED) is 0.756. The third kappa shape index (κ3) is 1.18. The van der Waals surface area contributed by atoms with E-state index in [0.717, 1.165) is 36.1 Å². The first kappa shape index (κ1) is 8.17. The third-order valence-corrected chi connectivity index (χ3v) is 2.80. The largest absolute Gasteiger partial charge is 0.481 e. The van der Waals surface area contributed by atoms with E-state index in [1.165, 1.54) is 12.8 Å². The molecule has 2 aliphatic rings. The monoisotopic (exact) mass is 191 g/mol. The molecule has 74 valence electrons. The number of rotatable bonds is 2. The highest BCUT2D eigenvalue weighted by molar-refractivity contribution is 5.34. The van der Waals surface area contributed by atoms with Crippen LogP contribution in [-0.2, 0) is 13.1 Å². The summed E-state index contributed by atoms with van der Waals surface area (Å²) >= 11 is 0. The highest BCUT2D eigenvalue weighted by Crippen LogP contribution is 2.39. The van der Waals surface area contributed by atoms with E-state index in [-0.39, 0.29) is 0 Å². The number of nitrogens with one attached hydrogen (secondary N) is 1. The van der Waals surface area contributed by atoms with E-state index >= 15 is 0 Å². The van der Waals surface area contributed by atoms with Crippen molar-refractivity contribution in [2.24, 2.45) is 0 Å². The van der Waals surface area contributed by atoms with Crippen molar-refractivity contribution in [1.29, 1.82) is 0 Å². The van der Waals surface area contributed by atoms with Crippen LogP contribution in [0, 0.1) is 0 Å². The molecule has 1 aliphatic carbocycles. The maximum atomic E-state index is 5.28. The number of ether oxygens (including phenoxy) is 1. The second-order valence-corrected chi connectivity index (χ2v) is 3.89. The van der Waals surface area contributed by atoms with Crippen molar-refractivity contribution in [2.75, 3.05) is 7.11 Å². The molecule has 4 heteroatoms. The zero-order valence-electron chi connectivity index (χ0n) is 8.21. The molecule has 0 aromatic carbocycles. The van der Waals surface area contributed by atoms with Crippen LogP contribution in [-0.4, -0.2) is 17.1 Å². The Morgan fingerprint density at radius 3 is 2.86 bits per heavy atom. The first-order chi connectivity index (χ1) is 6.88. The Balaban J connectivity index is 2.08. The number of aromatic nitrogens is 2. The molecule has 1 N–H and O–H groups in total. The molecule has 0 amide bonds. The molecule has 0 unspecified atom stereocenters. The molecule has 1 saturated carbocycles. The second-order valence-electron chi connectivity index (χ2n) is 3.89. The lowest BCUT2D eigenvalue weighted by atomic mass is 10.2. The number of hydrogen-bond acceptors (Lipinski definition) is 4. The predicted molar refractivity (Wildman–Crippen MR) is 51.1 cm³/mol. The van der Waals surface area contributed by atoms with Gasteiger partial charge < -0.3 is 10.1 Å². The average Bonchev–Trinajstić information content (AvgIpc) is 2.95. The van der Waals surface area contributed by atoms with E-state index in [2.05, 4.69) is 15.3 Å². The van der Waals surface area contributed by atoms with Crippen LogP contribution in [0.2, 0.25) is 0 Å². The summed E-state index contributed by atoms with van der Waals surface area (Å²) in [6.45, 7) is 1.69. The molecule has 0 spiro atoms. The highest BCUT2D eigenvalue weighted by Gasteiger charge is 2.29. The smallest absolute Gasteiger partial charge is 0.221 e. The summed E-state index contributed by atoms with van der Waals surface area (Å²) in [5.41, 5.74) is 2.26. The number of methoxy groups -OCH3 is 1. The lowest BCUT2D eigenvalue weighted by Gasteiger charge is -2.06. The molecule has 4 nitrogen and oxygen atoms in total. The Hall–Kier alpha value is -1.16. The highest BCUT2D eigenvalue weighted by atomic mass is 16.5. The van der Waals surface area contributed by atoms with Crippen molar-refractivity contribution in [3.05, 3.63) is 17.1 Å². The van der Waals surface area contributed by atoms with Crippen LogP contribution in [0.4, 0.5) is 0 Å². The Morgan fingerprint density at radius 2 is 2.14 bits per heavy atom. The van der Waals surface area contributed by atoms with Gasteiger partial charge in [-0.1, -0.05) is 0 Å². The Kier molecular flexibility index (Phi) is 1.70. The first-order valence-electron chi connectivity index (χ1n) is 5.03. The molecule has 14 heavy (non-hydrogen) atoms. The SMILES string of the molecule is COc1nc(C2CC2)nc2c1CNC2. The van der Waals surface area contributed by atoms with Gasteiger partial charge in [-0.2, -0.15) is 4.98 Å². The Morgan fingerprint density at radius 1 is 1.29 bits per heavy atom. The lowest BCUT2D eigenvalue weighted by molar-refractivity contribution is 0.389. The Labute approximate surface area is 82.7 Å². The number of nitrogens with zero attached hydrogens (tertiary/aromatic N) is 2. The molecular formula is C10H13N3O. The third-order valence-electron chi connectivity index (χ3n) is 2.80. The fraction of sp³-hybridized carbons (Fsp3) is 0.600. The van der Waals surface area contributed by atoms with Crippen LogP contribution in [0.25, 0.3) is 0 Å². The molecule has 0 bridgehead atoms. The molecule has 1 aliphatic heterocycles. The Bertz CT molecular complexity index is 374. The van der Waals surface area contributed by atoms with Crippen LogP contribution in [0.5, 0.6) is 5.88 Å². The van der Waals surface area contributed by atoms with E-state index in [1.54, 1.807) is 7.11 Å². The topological polar surface area (TPSA) is 47.0 Å². The molecule has 3 rings (SSSR count). The molecule has 1 aromatic heterocycles. The van der Waals surface area contributed by atoms with Crippen LogP contribution in [0.15, 0.2) is 0 Å². The van der Waals surface area contributed by atoms with E-state index in [1.807, 2.05) is 0 Å². The minimum Gasteiger partial charge on any atom is -0.481 e. The zero-order chi connectivity index (χ0) is 9.54. The summed E-state index contributed by atoms with van der Waals surface area (Å²) < 4.78 is 5.28. The summed E-state index contributed by atoms with van der Waals surface area (Å²) in [5, 5.41) is 3.27. The number of hydrogen-bond donors (Lipinski definition) is 1. The van der Waals surface area contributed by atoms with Crippen molar-refractivity contribution in [3.8, 4) is 5.88 Å². The predicted octanol–water partition coefficient (Wildman–Crippen LogP) is 0.966. The van der Waals surface area contributed by atoms with Crippen LogP contribution in [0.1, 0.15) is 35.8 Å². The number of fused-ring (bicyclic) bond motifs is 1. The summed E-state index contributed by atoms with van der Waals surface area (Å²) in [7, 11) is 1.68. The van der Waals surface area contributed by atoms with Crippen molar-refractivity contribution < 1.29 is 4.74 Å². The van der Waals surface area contributed by atoms with Gasteiger partial charge in [-0.05, 0) is 12.8 Å². The van der Waals surface area contributed by atoms with Crippen LogP contribution >= 0.6 is 0 Å². The normalized spacial score (nSPS) is 19.5. The second kappa shape index (κ2) is 2.92. The lowest BCUT2D eigenvalue weighted by Crippen LogP contribution is -2.02. The molecule has 0 saturated heterocycles. The fourth-order valence-corrected chi connectivity index (χ4v) is 1.85. The molecular weight excluding hydrogens is 178 g/mol. The molecule has 0 radical (unpaired) electrons. The molecule has 1 fully saturated rings. The maximum Gasteiger partial charge on any atom is 0.221 e. The van der Waals surface area contributed by atoms with Gasteiger partial charge in [-0.3, -0.25) is 0 Å². The van der Waals surface area contributed by atoms with Gasteiger partial charge in [0.05, 0.1) is 18.4 Å². The van der Waals surface area contributed by atoms with Crippen LogP contribution in [0.3, 0.4) is 0 Å². The van der Waals surface area contributed by atoms with Gasteiger partial charge in [0.2, 0.25) is 5.88 Å². The standard InChI is InChI=1S/C10H13N3O/c1-14-10-7-4-11-5-8(7)12-9(13-10)6-2-3-6/h6,11H,2-5H2,1H3. The summed E-state index contributed by atoms with van der Waals surface area (Å²) in [6.07, 6.45) is 2.46. The van der Waals surface area contributed by atoms with E-state index in [9.17, 15) is 0 Å². The van der Waals surface area contributed by atoms with Crippen LogP contribution < -0.4 is 10.1 Å². The van der Waals surface area contributed by atoms with E-state index in [0.29, 0.717) is 5.92 Å². The van der Waals surface area contributed by atoms with Crippen molar-refractivity contribution >= 4 is 0 Å². The zero-order valence-corrected chi connectivity index (χ0v) is 8.21. The van der Waals surface area contributed by atoms with Crippen molar-refractivity contribution in [2.45, 2.75) is 31.8 Å². The van der Waals surface area contributed by atoms with E-state index < -0.39 is 0 Å². The minimum absolute atomic E-state index is 0.592. The van der Waals surface area contributed by atoms with Gasteiger partial charge in [0.1, 0.15) is 5.82 Å².